The van der Waals surface area contributed by atoms with Gasteiger partial charge in [-0.15, -0.1) is 0 Å². The van der Waals surface area contributed by atoms with E-state index in [2.05, 4.69) is 54.4 Å². The minimum absolute atomic E-state index is 0.0402. The Morgan fingerprint density at radius 2 is 1.97 bits per heavy atom. The number of hydrogen-bond acceptors (Lipinski definition) is 4. The number of piperidine rings is 1. The van der Waals surface area contributed by atoms with Crippen LogP contribution in [0, 0.1) is 5.92 Å². The van der Waals surface area contributed by atoms with E-state index in [9.17, 15) is 4.79 Å². The number of ether oxygens (including phenoxy) is 2. The standard InChI is InChI=1S/C28H31N3O3/c1-19(22-8-2-3-9-23(22)24-10-4-6-21-12-15-34-27(21)24)31-18-29-16-25(31)28(32)30-13-11-20-7-5-14-33-26(20)17-30/h2-4,6,8-10,16,18-20,26H,5,7,11-15,17H2,1H3/t19-,20?,26+/m0/s1. The topological polar surface area (TPSA) is 56.6 Å². The number of nitrogens with zero attached hydrogens (tertiary/aromatic N) is 3. The first-order chi connectivity index (χ1) is 16.7. The van der Waals surface area contributed by atoms with Crippen molar-refractivity contribution in [3.8, 4) is 16.9 Å². The lowest BCUT2D eigenvalue weighted by Crippen LogP contribution is -2.49. The predicted molar refractivity (Wildman–Crippen MR) is 130 cm³/mol. The Hall–Kier alpha value is -3.12. The van der Waals surface area contributed by atoms with Crippen molar-refractivity contribution in [2.24, 2.45) is 5.92 Å². The van der Waals surface area contributed by atoms with E-state index in [0.29, 0.717) is 18.2 Å². The highest BCUT2D eigenvalue weighted by Crippen LogP contribution is 2.40. The lowest BCUT2D eigenvalue weighted by Gasteiger charge is -2.41. The van der Waals surface area contributed by atoms with Crippen LogP contribution in [0.15, 0.2) is 55.0 Å². The maximum absolute atomic E-state index is 13.6. The highest BCUT2D eigenvalue weighted by atomic mass is 16.5. The molecule has 2 fully saturated rings. The molecule has 0 saturated carbocycles. The van der Waals surface area contributed by atoms with Gasteiger partial charge < -0.3 is 18.9 Å². The number of likely N-dealkylation sites (tertiary alicyclic amines) is 1. The maximum Gasteiger partial charge on any atom is 0.272 e. The van der Waals surface area contributed by atoms with E-state index in [-0.39, 0.29) is 18.1 Å². The van der Waals surface area contributed by atoms with Gasteiger partial charge >= 0.3 is 0 Å². The van der Waals surface area contributed by atoms with Crippen LogP contribution in [-0.2, 0) is 11.2 Å². The molecule has 3 atom stereocenters. The van der Waals surface area contributed by atoms with Crippen LogP contribution in [0.3, 0.4) is 0 Å². The molecule has 6 nitrogen and oxygen atoms in total. The minimum Gasteiger partial charge on any atom is -0.492 e. The molecule has 1 unspecified atom stereocenters. The van der Waals surface area contributed by atoms with E-state index in [4.69, 9.17) is 9.47 Å². The van der Waals surface area contributed by atoms with Gasteiger partial charge in [-0.2, -0.15) is 0 Å². The van der Waals surface area contributed by atoms with Gasteiger partial charge in [-0.1, -0.05) is 42.5 Å². The molecule has 0 aliphatic carbocycles. The van der Waals surface area contributed by atoms with E-state index in [0.717, 1.165) is 61.5 Å². The summed E-state index contributed by atoms with van der Waals surface area (Å²) in [4.78, 5) is 19.9. The first kappa shape index (κ1) is 21.4. The number of amides is 1. The fourth-order valence-electron chi connectivity index (χ4n) is 5.87. The average molecular weight is 458 g/mol. The molecule has 0 bridgehead atoms. The summed E-state index contributed by atoms with van der Waals surface area (Å²) >= 11 is 0. The Balaban J connectivity index is 1.30. The highest BCUT2D eigenvalue weighted by Gasteiger charge is 2.35. The zero-order chi connectivity index (χ0) is 23.1. The molecule has 1 amide bonds. The molecule has 2 aromatic carbocycles. The van der Waals surface area contributed by atoms with Gasteiger partial charge in [0.15, 0.2) is 0 Å². The third-order valence-corrected chi connectivity index (χ3v) is 7.75. The molecule has 0 spiro atoms. The number of hydrogen-bond donors (Lipinski definition) is 0. The Morgan fingerprint density at radius 1 is 1.09 bits per heavy atom. The molecule has 0 N–H and O–H groups in total. The molecule has 6 rings (SSSR count). The van der Waals surface area contributed by atoms with Crippen LogP contribution in [0.4, 0.5) is 0 Å². The minimum atomic E-state index is -0.0571. The van der Waals surface area contributed by atoms with Crippen LogP contribution in [0.5, 0.6) is 5.75 Å². The molecular weight excluding hydrogens is 426 g/mol. The van der Waals surface area contributed by atoms with Crippen LogP contribution in [-0.4, -0.2) is 52.8 Å². The molecule has 6 heteroatoms. The van der Waals surface area contributed by atoms with E-state index >= 15 is 0 Å². The van der Waals surface area contributed by atoms with Crippen molar-refractivity contribution in [3.05, 3.63) is 71.8 Å². The number of aromatic nitrogens is 2. The summed E-state index contributed by atoms with van der Waals surface area (Å²) in [5.41, 5.74) is 5.28. The number of carbonyl (C=O) groups is 1. The summed E-state index contributed by atoms with van der Waals surface area (Å²) in [7, 11) is 0. The Bertz CT molecular complexity index is 1200. The van der Waals surface area contributed by atoms with E-state index in [1.165, 1.54) is 12.0 Å². The van der Waals surface area contributed by atoms with Crippen molar-refractivity contribution >= 4 is 5.91 Å². The lowest BCUT2D eigenvalue weighted by atomic mass is 9.87. The molecular formula is C28H31N3O3. The monoisotopic (exact) mass is 457 g/mol. The average Bonchev–Trinajstić information content (AvgIpc) is 3.57. The second kappa shape index (κ2) is 8.91. The largest absolute Gasteiger partial charge is 0.492 e. The number of fused-ring (bicyclic) bond motifs is 2. The van der Waals surface area contributed by atoms with Crippen LogP contribution in [0.1, 0.15) is 53.8 Å². The molecule has 2 saturated heterocycles. The van der Waals surface area contributed by atoms with Gasteiger partial charge in [-0.05, 0) is 48.8 Å². The molecule has 0 radical (unpaired) electrons. The molecule has 4 heterocycles. The molecule has 3 aromatic rings. The van der Waals surface area contributed by atoms with E-state index in [1.807, 2.05) is 9.47 Å². The van der Waals surface area contributed by atoms with E-state index < -0.39 is 0 Å². The number of rotatable bonds is 4. The number of carbonyl (C=O) groups excluding carboxylic acids is 1. The maximum atomic E-state index is 13.6. The van der Waals surface area contributed by atoms with Gasteiger partial charge in [0.2, 0.25) is 0 Å². The summed E-state index contributed by atoms with van der Waals surface area (Å²) in [5.74, 6) is 1.61. The highest BCUT2D eigenvalue weighted by molar-refractivity contribution is 5.92. The predicted octanol–water partition coefficient (Wildman–Crippen LogP) is 4.74. The fraction of sp³-hybridized carbons (Fsp3) is 0.429. The van der Waals surface area contributed by atoms with Crippen molar-refractivity contribution < 1.29 is 14.3 Å². The summed E-state index contributed by atoms with van der Waals surface area (Å²) in [6, 6.07) is 14.7. The van der Waals surface area contributed by atoms with Gasteiger partial charge in [0.25, 0.3) is 5.91 Å². The van der Waals surface area contributed by atoms with Gasteiger partial charge in [-0.3, -0.25) is 4.79 Å². The second-order valence-corrected chi connectivity index (χ2v) is 9.69. The van der Waals surface area contributed by atoms with Gasteiger partial charge in [0.05, 0.1) is 31.3 Å². The van der Waals surface area contributed by atoms with Crippen molar-refractivity contribution in [2.45, 2.75) is 44.8 Å². The van der Waals surface area contributed by atoms with Gasteiger partial charge in [0, 0.05) is 31.7 Å². The zero-order valence-electron chi connectivity index (χ0n) is 19.7. The van der Waals surface area contributed by atoms with Gasteiger partial charge in [-0.25, -0.2) is 4.98 Å². The summed E-state index contributed by atoms with van der Waals surface area (Å²) in [5, 5.41) is 0. The molecule has 34 heavy (non-hydrogen) atoms. The summed E-state index contributed by atoms with van der Waals surface area (Å²) < 4.78 is 14.0. The fourth-order valence-corrected chi connectivity index (χ4v) is 5.87. The van der Waals surface area contributed by atoms with Crippen LogP contribution in [0.25, 0.3) is 11.1 Å². The third-order valence-electron chi connectivity index (χ3n) is 7.75. The molecule has 176 valence electrons. The lowest BCUT2D eigenvalue weighted by molar-refractivity contribution is -0.0629. The SMILES string of the molecule is C[C@@H](c1ccccc1-c1cccc2c1OCC2)n1cncc1C(=O)N1CCC2CCCO[C@@H]2C1. The quantitative estimate of drug-likeness (QED) is 0.568. The van der Waals surface area contributed by atoms with Crippen molar-refractivity contribution in [1.29, 1.82) is 0 Å². The number of imidazole rings is 1. The Morgan fingerprint density at radius 3 is 2.91 bits per heavy atom. The number of benzene rings is 2. The Kier molecular flexibility index (Phi) is 5.61. The smallest absolute Gasteiger partial charge is 0.272 e. The van der Waals surface area contributed by atoms with E-state index in [1.54, 1.807) is 12.5 Å². The molecule has 3 aliphatic rings. The number of para-hydroxylation sites is 1. The Labute approximate surface area is 200 Å². The van der Waals surface area contributed by atoms with Crippen LogP contribution < -0.4 is 4.74 Å². The first-order valence-electron chi connectivity index (χ1n) is 12.5. The molecule has 1 aromatic heterocycles. The zero-order valence-corrected chi connectivity index (χ0v) is 19.7. The second-order valence-electron chi connectivity index (χ2n) is 9.69. The first-order valence-corrected chi connectivity index (χ1v) is 12.5. The van der Waals surface area contributed by atoms with Crippen LogP contribution in [0.2, 0.25) is 0 Å². The van der Waals surface area contributed by atoms with Crippen molar-refractivity contribution in [1.82, 2.24) is 14.5 Å². The summed E-state index contributed by atoms with van der Waals surface area (Å²) in [6.45, 7) is 5.13. The normalized spacial score (nSPS) is 22.6. The van der Waals surface area contributed by atoms with Gasteiger partial charge in [0.1, 0.15) is 11.4 Å². The molecule has 3 aliphatic heterocycles. The summed E-state index contributed by atoms with van der Waals surface area (Å²) in [6.07, 6.45) is 7.97. The van der Waals surface area contributed by atoms with Crippen LogP contribution >= 0.6 is 0 Å². The third kappa shape index (κ3) is 3.70. The van der Waals surface area contributed by atoms with Crippen molar-refractivity contribution in [3.63, 3.8) is 0 Å². The van der Waals surface area contributed by atoms with Crippen molar-refractivity contribution in [2.75, 3.05) is 26.3 Å².